The van der Waals surface area contributed by atoms with Crippen LogP contribution in [0, 0.1) is 0 Å². The SMILES string of the molecule is CB(C)C.c1ccc(B(c2ccccc2)c2ccccc2)cc1. The minimum Gasteiger partial charge on any atom is -0.0865 e. The molecule has 0 spiro atoms. The van der Waals surface area contributed by atoms with E-state index >= 15 is 0 Å². The van der Waals surface area contributed by atoms with Crippen LogP contribution in [0.3, 0.4) is 0 Å². The Labute approximate surface area is 141 Å². The standard InChI is InChI=1S/C18H15B.C3H9B/c1-4-10-16(11-5-1)19(17-12-6-2-7-13-17)18-14-8-3-9-15-18;1-4(2)3/h1-15H;1-3H3. The average Bonchev–Trinajstić information content (AvgIpc) is 2.58. The van der Waals surface area contributed by atoms with Gasteiger partial charge in [0.25, 0.3) is 0 Å². The second kappa shape index (κ2) is 9.05. The van der Waals surface area contributed by atoms with E-state index in [4.69, 9.17) is 0 Å². The minimum atomic E-state index is 0.309. The first-order chi connectivity index (χ1) is 11.2. The lowest BCUT2D eigenvalue weighted by atomic mass is 9.37. The second-order valence-electron chi connectivity index (χ2n) is 6.40. The summed E-state index contributed by atoms with van der Waals surface area (Å²) in [4.78, 5) is 0. The summed E-state index contributed by atoms with van der Waals surface area (Å²) in [6.45, 7) is 7.64. The molecule has 0 amide bonds. The first-order valence-electron chi connectivity index (χ1n) is 8.33. The molecule has 0 atom stereocenters. The van der Waals surface area contributed by atoms with Gasteiger partial charge in [-0.05, 0) is 0 Å². The van der Waals surface area contributed by atoms with Crippen molar-refractivity contribution in [2.75, 3.05) is 0 Å². The fourth-order valence-electron chi connectivity index (χ4n) is 2.51. The van der Waals surface area contributed by atoms with Crippen LogP contribution in [0.5, 0.6) is 0 Å². The van der Waals surface area contributed by atoms with Crippen LogP contribution >= 0.6 is 0 Å². The van der Waals surface area contributed by atoms with Gasteiger partial charge in [0.1, 0.15) is 6.71 Å². The third kappa shape index (κ3) is 5.49. The number of hydrogen-bond acceptors (Lipinski definition) is 0. The highest BCUT2D eigenvalue weighted by Crippen LogP contribution is 1.95. The van der Waals surface area contributed by atoms with Gasteiger partial charge in [0.2, 0.25) is 6.71 Å². The summed E-state index contributed by atoms with van der Waals surface area (Å²) in [5.41, 5.74) is 4.00. The van der Waals surface area contributed by atoms with Crippen molar-refractivity contribution in [3.05, 3.63) is 91.0 Å². The molecule has 0 heterocycles. The minimum absolute atomic E-state index is 0.309. The highest BCUT2D eigenvalue weighted by Gasteiger charge is 2.20. The molecule has 0 saturated carbocycles. The van der Waals surface area contributed by atoms with Gasteiger partial charge in [-0.1, -0.05) is 128 Å². The summed E-state index contributed by atoms with van der Waals surface area (Å²) in [7, 11) is 0. The third-order valence-corrected chi connectivity index (χ3v) is 3.40. The Balaban J connectivity index is 0.000000433. The Bertz CT molecular complexity index is 567. The zero-order valence-corrected chi connectivity index (χ0v) is 14.3. The van der Waals surface area contributed by atoms with E-state index < -0.39 is 0 Å². The lowest BCUT2D eigenvalue weighted by molar-refractivity contribution is 1.71. The van der Waals surface area contributed by atoms with Crippen LogP contribution in [0.1, 0.15) is 0 Å². The van der Waals surface area contributed by atoms with Crippen molar-refractivity contribution in [1.29, 1.82) is 0 Å². The average molecular weight is 298 g/mol. The zero-order valence-electron chi connectivity index (χ0n) is 14.3. The van der Waals surface area contributed by atoms with E-state index in [1.165, 1.54) is 16.4 Å². The van der Waals surface area contributed by atoms with Crippen molar-refractivity contribution in [1.82, 2.24) is 0 Å². The number of hydrogen-bond donors (Lipinski definition) is 0. The van der Waals surface area contributed by atoms with Gasteiger partial charge in [-0.2, -0.15) is 0 Å². The predicted octanol–water partition coefficient (Wildman–Crippen LogP) is 3.57. The summed E-state index contributed by atoms with van der Waals surface area (Å²) in [6, 6.07) is 32.0. The topological polar surface area (TPSA) is 0 Å². The lowest BCUT2D eigenvalue weighted by Gasteiger charge is -2.15. The van der Waals surface area contributed by atoms with E-state index in [1.54, 1.807) is 0 Å². The Morgan fingerprint density at radius 3 is 0.870 bits per heavy atom. The maximum atomic E-state index is 2.20. The molecule has 0 aliphatic heterocycles. The summed E-state index contributed by atoms with van der Waals surface area (Å²) in [6.07, 6.45) is 0. The first-order valence-corrected chi connectivity index (χ1v) is 8.33. The molecule has 0 nitrogen and oxygen atoms in total. The molecule has 3 rings (SSSR count). The Morgan fingerprint density at radius 2 is 0.652 bits per heavy atom. The number of benzene rings is 3. The Morgan fingerprint density at radius 1 is 0.435 bits per heavy atom. The van der Waals surface area contributed by atoms with Crippen molar-refractivity contribution in [3.63, 3.8) is 0 Å². The molecular weight excluding hydrogens is 274 g/mol. The van der Waals surface area contributed by atoms with Gasteiger partial charge < -0.3 is 0 Å². The number of rotatable bonds is 3. The van der Waals surface area contributed by atoms with Crippen LogP contribution < -0.4 is 16.4 Å². The van der Waals surface area contributed by atoms with E-state index in [0.29, 0.717) is 6.71 Å². The van der Waals surface area contributed by atoms with E-state index in [-0.39, 0.29) is 0 Å². The maximum Gasteiger partial charge on any atom is 0.241 e. The molecule has 0 N–H and O–H groups in total. The van der Waals surface area contributed by atoms with Crippen LogP contribution in [0.2, 0.25) is 20.5 Å². The maximum absolute atomic E-state index is 2.20. The van der Waals surface area contributed by atoms with Crippen molar-refractivity contribution in [2.45, 2.75) is 20.5 Å². The van der Waals surface area contributed by atoms with Crippen LogP contribution in [0.25, 0.3) is 0 Å². The summed E-state index contributed by atoms with van der Waals surface area (Å²) in [5.74, 6) is 0. The third-order valence-electron chi connectivity index (χ3n) is 3.40. The largest absolute Gasteiger partial charge is 0.241 e. The molecule has 0 saturated heterocycles. The van der Waals surface area contributed by atoms with Crippen molar-refractivity contribution >= 4 is 29.8 Å². The molecule has 0 bridgehead atoms. The zero-order chi connectivity index (χ0) is 16.5. The van der Waals surface area contributed by atoms with Gasteiger partial charge in [-0.15, -0.1) is 0 Å². The van der Waals surface area contributed by atoms with Crippen molar-refractivity contribution in [2.24, 2.45) is 0 Å². The highest BCUT2D eigenvalue weighted by atomic mass is 13.9. The quantitative estimate of drug-likeness (QED) is 0.648. The molecule has 0 aromatic heterocycles. The van der Waals surface area contributed by atoms with Crippen LogP contribution in [0.4, 0.5) is 0 Å². The van der Waals surface area contributed by atoms with E-state index in [0.717, 1.165) is 6.71 Å². The Kier molecular flexibility index (Phi) is 6.75. The van der Waals surface area contributed by atoms with Gasteiger partial charge in [0, 0.05) is 0 Å². The predicted molar refractivity (Wildman–Crippen MR) is 107 cm³/mol. The smallest absolute Gasteiger partial charge is 0.0865 e. The van der Waals surface area contributed by atoms with E-state index in [2.05, 4.69) is 111 Å². The summed E-state index contributed by atoms with van der Waals surface area (Å²) in [5, 5.41) is 0. The lowest BCUT2D eigenvalue weighted by Crippen LogP contribution is -2.51. The Hall–Kier alpha value is -2.21. The normalized spacial score (nSPS) is 9.52. The summed E-state index contributed by atoms with van der Waals surface area (Å²) < 4.78 is 0. The van der Waals surface area contributed by atoms with Gasteiger partial charge in [0.15, 0.2) is 0 Å². The molecule has 23 heavy (non-hydrogen) atoms. The molecule has 0 aliphatic carbocycles. The molecule has 0 radical (unpaired) electrons. The van der Waals surface area contributed by atoms with Gasteiger partial charge in [-0.3, -0.25) is 0 Å². The molecule has 3 aromatic rings. The monoisotopic (exact) mass is 298 g/mol. The van der Waals surface area contributed by atoms with Gasteiger partial charge in [-0.25, -0.2) is 0 Å². The van der Waals surface area contributed by atoms with Crippen LogP contribution in [-0.2, 0) is 0 Å². The molecule has 0 unspecified atom stereocenters. The van der Waals surface area contributed by atoms with Crippen molar-refractivity contribution < 1.29 is 0 Å². The molecule has 0 fully saturated rings. The van der Waals surface area contributed by atoms with Gasteiger partial charge >= 0.3 is 0 Å². The molecule has 0 aliphatic rings. The molecule has 2 heteroatoms. The molecular formula is C21H24B2. The van der Waals surface area contributed by atoms with Crippen LogP contribution in [0.15, 0.2) is 91.0 Å². The first kappa shape index (κ1) is 17.1. The fourth-order valence-corrected chi connectivity index (χ4v) is 2.51. The van der Waals surface area contributed by atoms with Crippen molar-refractivity contribution in [3.8, 4) is 0 Å². The summed E-state index contributed by atoms with van der Waals surface area (Å²) >= 11 is 0. The van der Waals surface area contributed by atoms with Gasteiger partial charge in [0.05, 0.1) is 0 Å². The van der Waals surface area contributed by atoms with E-state index in [9.17, 15) is 0 Å². The van der Waals surface area contributed by atoms with E-state index in [1.807, 2.05) is 0 Å². The molecule has 3 aromatic carbocycles. The fraction of sp³-hybridized carbons (Fsp3) is 0.143. The highest BCUT2D eigenvalue weighted by molar-refractivity contribution is 6.95. The van der Waals surface area contributed by atoms with Crippen LogP contribution in [-0.4, -0.2) is 13.4 Å². The second-order valence-corrected chi connectivity index (χ2v) is 6.40. The molecule has 114 valence electrons.